The highest BCUT2D eigenvalue weighted by atomic mass is 16.3. The highest BCUT2D eigenvalue weighted by Gasteiger charge is 2.24. The Kier molecular flexibility index (Phi) is 7.54. The molecule has 0 unspecified atom stereocenters. The molecular formula is C56H35NO2. The maximum Gasteiger partial charge on any atom is 0.159 e. The van der Waals surface area contributed by atoms with Crippen LogP contribution in [0, 0.1) is 0 Å². The number of para-hydroxylation sites is 3. The van der Waals surface area contributed by atoms with Gasteiger partial charge < -0.3 is 13.7 Å². The van der Waals surface area contributed by atoms with E-state index < -0.39 is 0 Å². The van der Waals surface area contributed by atoms with Crippen LogP contribution in [0.5, 0.6) is 0 Å². The highest BCUT2D eigenvalue weighted by Crippen LogP contribution is 2.48. The van der Waals surface area contributed by atoms with E-state index in [4.69, 9.17) is 8.83 Å². The monoisotopic (exact) mass is 753 g/mol. The number of benzene rings is 10. The Morgan fingerprint density at radius 3 is 1.76 bits per heavy atom. The Morgan fingerprint density at radius 1 is 0.305 bits per heavy atom. The van der Waals surface area contributed by atoms with Gasteiger partial charge >= 0.3 is 0 Å². The Labute approximate surface area is 340 Å². The number of nitrogens with zero attached hydrogens (tertiary/aromatic N) is 1. The topological polar surface area (TPSA) is 29.5 Å². The third-order valence-corrected chi connectivity index (χ3v) is 11.8. The van der Waals surface area contributed by atoms with Gasteiger partial charge in [-0.15, -0.1) is 0 Å². The summed E-state index contributed by atoms with van der Waals surface area (Å²) in [5.74, 6) is 0. The van der Waals surface area contributed by atoms with Crippen molar-refractivity contribution in [3.63, 3.8) is 0 Å². The third-order valence-electron chi connectivity index (χ3n) is 11.8. The molecule has 12 rings (SSSR count). The van der Waals surface area contributed by atoms with Gasteiger partial charge in [0.05, 0.1) is 11.4 Å². The van der Waals surface area contributed by atoms with Crippen molar-refractivity contribution in [3.8, 4) is 33.4 Å². The summed E-state index contributed by atoms with van der Waals surface area (Å²) in [4.78, 5) is 2.35. The van der Waals surface area contributed by atoms with Gasteiger partial charge in [-0.1, -0.05) is 152 Å². The van der Waals surface area contributed by atoms with Gasteiger partial charge in [-0.2, -0.15) is 0 Å². The van der Waals surface area contributed by atoms with Crippen LogP contribution in [0.4, 0.5) is 17.1 Å². The SMILES string of the molecule is c1cc(-c2ccc(N(c3ccccc3-c3cccc4oc5cc6ccccc6cc5c34)c3cccc4c3oc3ccccc34)cc2)cc(-c2ccc3ccccc3c2)c1. The molecule has 0 saturated carbocycles. The zero-order valence-electron chi connectivity index (χ0n) is 32.0. The van der Waals surface area contributed by atoms with Gasteiger partial charge in [0.15, 0.2) is 5.58 Å². The zero-order valence-corrected chi connectivity index (χ0v) is 32.0. The second-order valence-corrected chi connectivity index (χ2v) is 15.3. The first kappa shape index (κ1) is 33.3. The summed E-state index contributed by atoms with van der Waals surface area (Å²) >= 11 is 0. The lowest BCUT2D eigenvalue weighted by molar-refractivity contribution is 0.669. The molecule has 0 atom stereocenters. The zero-order chi connectivity index (χ0) is 38.9. The van der Waals surface area contributed by atoms with Gasteiger partial charge in [0.2, 0.25) is 0 Å². The molecule has 0 radical (unpaired) electrons. The van der Waals surface area contributed by atoms with E-state index in [0.29, 0.717) is 0 Å². The van der Waals surface area contributed by atoms with Crippen LogP contribution in [0.2, 0.25) is 0 Å². The van der Waals surface area contributed by atoms with Crippen LogP contribution in [-0.4, -0.2) is 0 Å². The molecule has 2 heterocycles. The molecule has 59 heavy (non-hydrogen) atoms. The molecule has 3 heteroatoms. The van der Waals surface area contributed by atoms with Crippen molar-refractivity contribution < 1.29 is 8.83 Å². The summed E-state index contributed by atoms with van der Waals surface area (Å²) in [6.07, 6.45) is 0. The number of furan rings is 2. The summed E-state index contributed by atoms with van der Waals surface area (Å²) in [6.45, 7) is 0. The number of anilines is 3. The van der Waals surface area contributed by atoms with Gasteiger partial charge in [0.1, 0.15) is 16.7 Å². The molecule has 0 fully saturated rings. The van der Waals surface area contributed by atoms with E-state index in [1.807, 2.05) is 12.1 Å². The van der Waals surface area contributed by atoms with Crippen molar-refractivity contribution in [3.05, 3.63) is 212 Å². The number of rotatable bonds is 6. The summed E-state index contributed by atoms with van der Waals surface area (Å²) in [6, 6.07) is 75.7. The molecule has 10 aromatic carbocycles. The van der Waals surface area contributed by atoms with Crippen molar-refractivity contribution >= 4 is 82.5 Å². The lowest BCUT2D eigenvalue weighted by atomic mass is 9.95. The molecule has 0 aliphatic heterocycles. The average Bonchev–Trinajstić information content (AvgIpc) is 3.87. The number of hydrogen-bond donors (Lipinski definition) is 0. The van der Waals surface area contributed by atoms with E-state index in [-0.39, 0.29) is 0 Å². The molecule has 0 saturated heterocycles. The minimum Gasteiger partial charge on any atom is -0.456 e. The van der Waals surface area contributed by atoms with E-state index in [1.165, 1.54) is 32.8 Å². The molecular weight excluding hydrogens is 719 g/mol. The summed E-state index contributed by atoms with van der Waals surface area (Å²) in [5.41, 5.74) is 13.4. The van der Waals surface area contributed by atoms with Gasteiger partial charge in [0.25, 0.3) is 0 Å². The lowest BCUT2D eigenvalue weighted by Crippen LogP contribution is -2.11. The predicted octanol–water partition coefficient (Wildman–Crippen LogP) is 16.3. The van der Waals surface area contributed by atoms with Crippen molar-refractivity contribution in [1.82, 2.24) is 0 Å². The Bertz CT molecular complexity index is 3570. The maximum atomic E-state index is 6.73. The average molecular weight is 754 g/mol. The van der Waals surface area contributed by atoms with Crippen molar-refractivity contribution in [1.29, 1.82) is 0 Å². The van der Waals surface area contributed by atoms with E-state index in [1.54, 1.807) is 0 Å². The Morgan fingerprint density at radius 2 is 0.898 bits per heavy atom. The normalized spacial score (nSPS) is 11.7. The minimum atomic E-state index is 0.842. The molecule has 12 aromatic rings. The fraction of sp³-hybridized carbons (Fsp3) is 0. The molecule has 0 aliphatic rings. The van der Waals surface area contributed by atoms with E-state index in [9.17, 15) is 0 Å². The lowest BCUT2D eigenvalue weighted by Gasteiger charge is -2.28. The van der Waals surface area contributed by atoms with Crippen LogP contribution in [0.3, 0.4) is 0 Å². The molecule has 0 N–H and O–H groups in total. The number of hydrogen-bond acceptors (Lipinski definition) is 3. The molecule has 276 valence electrons. The Hall–Kier alpha value is -7.88. The molecule has 3 nitrogen and oxygen atoms in total. The van der Waals surface area contributed by atoms with Crippen LogP contribution in [0.25, 0.3) is 98.8 Å². The maximum absolute atomic E-state index is 6.73. The first-order valence-corrected chi connectivity index (χ1v) is 20.1. The van der Waals surface area contributed by atoms with Gasteiger partial charge in [0, 0.05) is 32.8 Å². The quantitative estimate of drug-likeness (QED) is 0.169. The fourth-order valence-electron chi connectivity index (χ4n) is 9.00. The predicted molar refractivity (Wildman–Crippen MR) is 247 cm³/mol. The first-order valence-electron chi connectivity index (χ1n) is 20.1. The third kappa shape index (κ3) is 5.51. The van der Waals surface area contributed by atoms with E-state index in [0.717, 1.165) is 83.0 Å². The van der Waals surface area contributed by atoms with Crippen LogP contribution in [-0.2, 0) is 0 Å². The number of fused-ring (bicyclic) bond motifs is 8. The van der Waals surface area contributed by atoms with E-state index in [2.05, 4.69) is 205 Å². The van der Waals surface area contributed by atoms with Gasteiger partial charge in [-0.25, -0.2) is 0 Å². The van der Waals surface area contributed by atoms with Crippen LogP contribution < -0.4 is 4.90 Å². The minimum absolute atomic E-state index is 0.842. The summed E-state index contributed by atoms with van der Waals surface area (Å²) in [7, 11) is 0. The smallest absolute Gasteiger partial charge is 0.159 e. The van der Waals surface area contributed by atoms with E-state index >= 15 is 0 Å². The molecule has 2 aromatic heterocycles. The molecule has 0 bridgehead atoms. The summed E-state index contributed by atoms with van der Waals surface area (Å²) in [5, 5.41) is 9.22. The highest BCUT2D eigenvalue weighted by molar-refractivity contribution is 6.17. The van der Waals surface area contributed by atoms with Crippen molar-refractivity contribution in [2.75, 3.05) is 4.90 Å². The summed E-state index contributed by atoms with van der Waals surface area (Å²) < 4.78 is 13.3. The fourth-order valence-corrected chi connectivity index (χ4v) is 9.00. The second kappa shape index (κ2) is 13.4. The first-order chi connectivity index (χ1) is 29.2. The van der Waals surface area contributed by atoms with Crippen molar-refractivity contribution in [2.45, 2.75) is 0 Å². The second-order valence-electron chi connectivity index (χ2n) is 15.3. The van der Waals surface area contributed by atoms with Crippen molar-refractivity contribution in [2.24, 2.45) is 0 Å². The largest absolute Gasteiger partial charge is 0.456 e. The van der Waals surface area contributed by atoms with Gasteiger partial charge in [-0.05, 0) is 110 Å². The van der Waals surface area contributed by atoms with Crippen LogP contribution >= 0.6 is 0 Å². The van der Waals surface area contributed by atoms with Crippen LogP contribution in [0.15, 0.2) is 221 Å². The standard InChI is InChI=1S/C56H35NO2/c1-2-13-38-33-43(27-26-36(38)12-1)40-17-9-16-39(32-40)37-28-30-44(31-29-37)57(51-23-10-21-48-46-19-6-8-24-52(46)59-56(48)51)50-22-7-5-18-45(50)47-20-11-25-53-55(47)49-34-41-14-3-4-15-42(41)35-54(49)58-53/h1-35H. The Balaban J connectivity index is 1.03. The molecule has 0 spiro atoms. The molecule has 0 aliphatic carbocycles. The van der Waals surface area contributed by atoms with Crippen LogP contribution in [0.1, 0.15) is 0 Å². The molecule has 0 amide bonds. The van der Waals surface area contributed by atoms with Gasteiger partial charge in [-0.3, -0.25) is 0 Å².